The molecule has 0 bridgehead atoms. The molecule has 6 heteroatoms. The lowest BCUT2D eigenvalue weighted by Crippen LogP contribution is -2.49. The van der Waals surface area contributed by atoms with Crippen LogP contribution in [-0.4, -0.2) is 54.7 Å². The van der Waals surface area contributed by atoms with Crippen molar-refractivity contribution in [3.05, 3.63) is 0 Å². The highest BCUT2D eigenvalue weighted by Gasteiger charge is 2.33. The van der Waals surface area contributed by atoms with Gasteiger partial charge in [0.05, 0.1) is 5.92 Å². The van der Waals surface area contributed by atoms with Gasteiger partial charge in [-0.15, -0.1) is 0 Å². The molecule has 1 aliphatic heterocycles. The van der Waals surface area contributed by atoms with E-state index in [9.17, 15) is 9.59 Å². The van der Waals surface area contributed by atoms with E-state index in [2.05, 4.69) is 10.6 Å². The zero-order valence-corrected chi connectivity index (χ0v) is 12.1. The van der Waals surface area contributed by atoms with Gasteiger partial charge < -0.3 is 20.6 Å². The summed E-state index contributed by atoms with van der Waals surface area (Å²) in [6.07, 6.45) is 4.53. The molecule has 0 spiro atoms. The number of carboxylic acids is 1. The molecule has 6 nitrogen and oxygen atoms in total. The van der Waals surface area contributed by atoms with E-state index in [0.717, 1.165) is 45.2 Å². The van der Waals surface area contributed by atoms with E-state index in [0.29, 0.717) is 6.54 Å². The van der Waals surface area contributed by atoms with Crippen molar-refractivity contribution in [2.24, 2.45) is 11.8 Å². The molecule has 0 aromatic carbocycles. The molecule has 2 atom stereocenters. The number of carboxylic acid groups (broad SMARTS) is 1. The first-order valence-corrected chi connectivity index (χ1v) is 7.53. The molecule has 20 heavy (non-hydrogen) atoms. The lowest BCUT2D eigenvalue weighted by atomic mass is 9.96. The number of hydrogen-bond acceptors (Lipinski definition) is 3. The number of rotatable bonds is 4. The number of nitrogens with zero attached hydrogens (tertiary/aromatic N) is 1. The van der Waals surface area contributed by atoms with Gasteiger partial charge >= 0.3 is 12.0 Å². The summed E-state index contributed by atoms with van der Waals surface area (Å²) in [4.78, 5) is 25.0. The first kappa shape index (κ1) is 15.1. The zero-order valence-electron chi connectivity index (χ0n) is 12.1. The Kier molecular flexibility index (Phi) is 5.23. The average molecular weight is 283 g/mol. The van der Waals surface area contributed by atoms with Crippen LogP contribution in [0, 0.1) is 11.8 Å². The van der Waals surface area contributed by atoms with Gasteiger partial charge in [0.15, 0.2) is 0 Å². The van der Waals surface area contributed by atoms with Crippen LogP contribution in [0.2, 0.25) is 0 Å². The summed E-state index contributed by atoms with van der Waals surface area (Å²) in [5.41, 5.74) is 0. The lowest BCUT2D eigenvalue weighted by Gasteiger charge is -2.32. The monoisotopic (exact) mass is 283 g/mol. The van der Waals surface area contributed by atoms with E-state index in [1.807, 2.05) is 7.05 Å². The van der Waals surface area contributed by atoms with Gasteiger partial charge in [0.25, 0.3) is 0 Å². The predicted octanol–water partition coefficient (Wildman–Crippen LogP) is 0.881. The van der Waals surface area contributed by atoms with Crippen LogP contribution in [0.15, 0.2) is 0 Å². The van der Waals surface area contributed by atoms with Crippen LogP contribution in [0.4, 0.5) is 4.79 Å². The molecule has 1 saturated carbocycles. The molecule has 114 valence electrons. The Morgan fingerprint density at radius 2 is 1.95 bits per heavy atom. The average Bonchev–Trinajstić information content (AvgIpc) is 2.93. The molecule has 2 rings (SSSR count). The Morgan fingerprint density at radius 3 is 2.60 bits per heavy atom. The van der Waals surface area contributed by atoms with E-state index >= 15 is 0 Å². The molecule has 0 aromatic heterocycles. The summed E-state index contributed by atoms with van der Waals surface area (Å²) in [6, 6.07) is 0.211. The second kappa shape index (κ2) is 6.92. The number of aliphatic carboxylic acids is 1. The zero-order chi connectivity index (χ0) is 14.5. The van der Waals surface area contributed by atoms with Crippen molar-refractivity contribution in [2.45, 2.75) is 38.1 Å². The van der Waals surface area contributed by atoms with E-state index in [4.69, 9.17) is 5.11 Å². The Hall–Kier alpha value is -1.30. The van der Waals surface area contributed by atoms with Crippen LogP contribution < -0.4 is 10.6 Å². The fourth-order valence-electron chi connectivity index (χ4n) is 3.31. The third kappa shape index (κ3) is 3.62. The normalized spacial score (nSPS) is 27.2. The maximum absolute atomic E-state index is 12.1. The van der Waals surface area contributed by atoms with Crippen LogP contribution >= 0.6 is 0 Å². The minimum Gasteiger partial charge on any atom is -0.481 e. The van der Waals surface area contributed by atoms with Crippen LogP contribution in [0.3, 0.4) is 0 Å². The van der Waals surface area contributed by atoms with E-state index < -0.39 is 5.97 Å². The first-order valence-electron chi connectivity index (χ1n) is 7.53. The third-order valence-electron chi connectivity index (χ3n) is 4.67. The van der Waals surface area contributed by atoms with Crippen molar-refractivity contribution < 1.29 is 14.7 Å². The topological polar surface area (TPSA) is 81.7 Å². The number of amides is 2. The van der Waals surface area contributed by atoms with Gasteiger partial charge in [-0.3, -0.25) is 4.79 Å². The summed E-state index contributed by atoms with van der Waals surface area (Å²) >= 11 is 0. The number of hydrogen-bond donors (Lipinski definition) is 3. The summed E-state index contributed by atoms with van der Waals surface area (Å²) < 4.78 is 0. The molecule has 1 heterocycles. The summed E-state index contributed by atoms with van der Waals surface area (Å²) in [5.74, 6) is -0.939. The minimum absolute atomic E-state index is 0.0760. The van der Waals surface area contributed by atoms with Crippen molar-refractivity contribution >= 4 is 12.0 Å². The van der Waals surface area contributed by atoms with Gasteiger partial charge in [0, 0.05) is 19.6 Å². The second-order valence-corrected chi connectivity index (χ2v) is 5.91. The van der Waals surface area contributed by atoms with Crippen LogP contribution in [0.1, 0.15) is 32.1 Å². The molecular weight excluding hydrogens is 258 g/mol. The summed E-state index contributed by atoms with van der Waals surface area (Å²) in [6.45, 7) is 2.38. The number of carbonyl (C=O) groups is 2. The standard InChI is InChI=1S/C14H25N3O3/c1-17(11-5-7-15-8-6-11)14(20)16-9-10-3-2-4-12(10)13(18)19/h10-12,15H,2-9H2,1H3,(H,16,20)(H,18,19). The van der Waals surface area contributed by atoms with Gasteiger partial charge in [-0.1, -0.05) is 6.42 Å². The number of carbonyl (C=O) groups excluding carboxylic acids is 1. The van der Waals surface area contributed by atoms with Gasteiger partial charge in [-0.05, 0) is 44.7 Å². The molecule has 0 aromatic rings. The van der Waals surface area contributed by atoms with E-state index in [1.165, 1.54) is 0 Å². The van der Waals surface area contributed by atoms with Gasteiger partial charge in [-0.2, -0.15) is 0 Å². The molecular formula is C14H25N3O3. The predicted molar refractivity (Wildman–Crippen MR) is 75.5 cm³/mol. The lowest BCUT2D eigenvalue weighted by molar-refractivity contribution is -0.142. The molecule has 3 N–H and O–H groups in total. The van der Waals surface area contributed by atoms with Gasteiger partial charge in [0.1, 0.15) is 0 Å². The molecule has 2 fully saturated rings. The van der Waals surface area contributed by atoms with Crippen molar-refractivity contribution in [3.8, 4) is 0 Å². The van der Waals surface area contributed by atoms with Gasteiger partial charge in [0.2, 0.25) is 0 Å². The smallest absolute Gasteiger partial charge is 0.317 e. The summed E-state index contributed by atoms with van der Waals surface area (Å²) in [7, 11) is 1.83. The number of urea groups is 1. The van der Waals surface area contributed by atoms with Crippen LogP contribution in [0.25, 0.3) is 0 Å². The van der Waals surface area contributed by atoms with Crippen molar-refractivity contribution in [3.63, 3.8) is 0 Å². The summed E-state index contributed by atoms with van der Waals surface area (Å²) in [5, 5.41) is 15.3. The van der Waals surface area contributed by atoms with Gasteiger partial charge in [-0.25, -0.2) is 4.79 Å². The fraction of sp³-hybridized carbons (Fsp3) is 0.857. The largest absolute Gasteiger partial charge is 0.481 e. The molecule has 1 aliphatic carbocycles. The maximum atomic E-state index is 12.1. The number of nitrogens with one attached hydrogen (secondary N) is 2. The van der Waals surface area contributed by atoms with Crippen molar-refractivity contribution in [1.29, 1.82) is 0 Å². The fourth-order valence-corrected chi connectivity index (χ4v) is 3.31. The molecule has 2 aliphatic rings. The first-order chi connectivity index (χ1) is 9.59. The Morgan fingerprint density at radius 1 is 1.25 bits per heavy atom. The SMILES string of the molecule is CN(C(=O)NCC1CCCC1C(=O)O)C1CCNCC1. The second-order valence-electron chi connectivity index (χ2n) is 5.91. The Labute approximate surface area is 119 Å². The third-order valence-corrected chi connectivity index (χ3v) is 4.67. The molecule has 2 amide bonds. The highest BCUT2D eigenvalue weighted by molar-refractivity contribution is 5.74. The highest BCUT2D eigenvalue weighted by Crippen LogP contribution is 2.31. The molecule has 2 unspecified atom stereocenters. The Balaban J connectivity index is 1.77. The van der Waals surface area contributed by atoms with E-state index in [1.54, 1.807) is 4.90 Å². The van der Waals surface area contributed by atoms with Crippen molar-refractivity contribution in [1.82, 2.24) is 15.5 Å². The quantitative estimate of drug-likeness (QED) is 0.715. The van der Waals surface area contributed by atoms with Crippen LogP contribution in [-0.2, 0) is 4.79 Å². The number of piperidine rings is 1. The maximum Gasteiger partial charge on any atom is 0.317 e. The molecule has 0 radical (unpaired) electrons. The van der Waals surface area contributed by atoms with Crippen molar-refractivity contribution in [2.75, 3.05) is 26.7 Å². The highest BCUT2D eigenvalue weighted by atomic mass is 16.4. The van der Waals surface area contributed by atoms with E-state index in [-0.39, 0.29) is 23.9 Å². The minimum atomic E-state index is -0.728. The van der Waals surface area contributed by atoms with Crippen LogP contribution in [0.5, 0.6) is 0 Å². The molecule has 1 saturated heterocycles. The Bertz CT molecular complexity index is 356.